The summed E-state index contributed by atoms with van der Waals surface area (Å²) in [6, 6.07) is -0.507. The number of amides is 3. The van der Waals surface area contributed by atoms with Crippen LogP contribution in [0.4, 0.5) is 4.79 Å². The highest BCUT2D eigenvalue weighted by Gasteiger charge is 2.30. The number of aliphatic carboxylic acids is 1. The number of nitrogens with two attached hydrogens (primary N) is 1. The van der Waals surface area contributed by atoms with Crippen molar-refractivity contribution < 1.29 is 19.5 Å². The van der Waals surface area contributed by atoms with E-state index < -0.39 is 17.9 Å². The van der Waals surface area contributed by atoms with Crippen molar-refractivity contribution in [1.29, 1.82) is 0 Å². The summed E-state index contributed by atoms with van der Waals surface area (Å²) < 4.78 is 0. The van der Waals surface area contributed by atoms with Gasteiger partial charge in [-0.15, -0.1) is 0 Å². The molecule has 1 rings (SSSR count). The first kappa shape index (κ1) is 14.3. The van der Waals surface area contributed by atoms with Gasteiger partial charge in [-0.25, -0.2) is 4.79 Å². The van der Waals surface area contributed by atoms with Crippen LogP contribution in [0.25, 0.3) is 0 Å². The van der Waals surface area contributed by atoms with Gasteiger partial charge in [-0.2, -0.15) is 0 Å². The Balaban J connectivity index is 2.71. The topological polar surface area (TPSA) is 104 Å². The lowest BCUT2D eigenvalue weighted by Crippen LogP contribution is -2.50. The minimum absolute atomic E-state index is 0.0519. The van der Waals surface area contributed by atoms with Crippen molar-refractivity contribution in [1.82, 2.24) is 9.80 Å². The molecule has 1 aliphatic rings. The maximum atomic E-state index is 12.1. The van der Waals surface area contributed by atoms with E-state index in [1.165, 1.54) is 11.9 Å². The Labute approximate surface area is 106 Å². The number of urea groups is 1. The van der Waals surface area contributed by atoms with Crippen molar-refractivity contribution in [3.05, 3.63) is 0 Å². The van der Waals surface area contributed by atoms with Crippen molar-refractivity contribution in [2.45, 2.75) is 31.7 Å². The van der Waals surface area contributed by atoms with E-state index in [2.05, 4.69) is 0 Å². The summed E-state index contributed by atoms with van der Waals surface area (Å²) in [4.78, 5) is 36.1. The molecule has 7 heteroatoms. The fraction of sp³-hybridized carbons (Fsp3) is 0.727. The molecule has 1 fully saturated rings. The Morgan fingerprint density at radius 1 is 1.22 bits per heavy atom. The molecule has 1 saturated carbocycles. The zero-order chi connectivity index (χ0) is 13.7. The summed E-state index contributed by atoms with van der Waals surface area (Å²) in [7, 11) is 1.44. The molecule has 18 heavy (non-hydrogen) atoms. The maximum absolute atomic E-state index is 12.1. The second kappa shape index (κ2) is 6.23. The molecular formula is C11H19N3O4. The van der Waals surface area contributed by atoms with E-state index in [1.807, 2.05) is 0 Å². The van der Waals surface area contributed by atoms with Gasteiger partial charge < -0.3 is 20.6 Å². The molecule has 3 N–H and O–H groups in total. The van der Waals surface area contributed by atoms with Crippen molar-refractivity contribution in [3.63, 3.8) is 0 Å². The first-order valence-electron chi connectivity index (χ1n) is 5.93. The molecule has 0 aromatic rings. The van der Waals surface area contributed by atoms with Crippen LogP contribution in [0.3, 0.4) is 0 Å². The minimum atomic E-state index is -1.05. The first-order chi connectivity index (χ1) is 8.41. The molecule has 0 heterocycles. The quantitative estimate of drug-likeness (QED) is 0.714. The maximum Gasteiger partial charge on any atom is 0.323 e. The van der Waals surface area contributed by atoms with E-state index in [0.717, 1.165) is 30.6 Å². The van der Waals surface area contributed by atoms with Gasteiger partial charge in [0.1, 0.15) is 13.1 Å². The van der Waals surface area contributed by atoms with Crippen LogP contribution in [0.5, 0.6) is 0 Å². The summed E-state index contributed by atoms with van der Waals surface area (Å²) in [5.41, 5.74) is 5.02. The summed E-state index contributed by atoms with van der Waals surface area (Å²) in [5, 5.41) is 8.85. The summed E-state index contributed by atoms with van der Waals surface area (Å²) >= 11 is 0. The smallest absolute Gasteiger partial charge is 0.323 e. The lowest BCUT2D eigenvalue weighted by molar-refractivity contribution is -0.138. The number of carboxylic acid groups (broad SMARTS) is 1. The predicted octanol–water partition coefficient (Wildman–Crippen LogP) is -0.147. The molecule has 7 nitrogen and oxygen atoms in total. The number of nitrogens with zero attached hydrogens (tertiary/aromatic N) is 2. The van der Waals surface area contributed by atoms with Gasteiger partial charge in [0.15, 0.2) is 0 Å². The molecule has 0 spiro atoms. The summed E-state index contributed by atoms with van der Waals surface area (Å²) in [6.07, 6.45) is 3.61. The molecule has 0 aliphatic heterocycles. The Morgan fingerprint density at radius 2 is 1.78 bits per heavy atom. The van der Waals surface area contributed by atoms with E-state index in [1.54, 1.807) is 0 Å². The second-order valence-corrected chi connectivity index (χ2v) is 4.56. The molecule has 0 aromatic heterocycles. The highest BCUT2D eigenvalue weighted by molar-refractivity contribution is 5.85. The van der Waals surface area contributed by atoms with Crippen molar-refractivity contribution >= 4 is 17.9 Å². The van der Waals surface area contributed by atoms with E-state index in [9.17, 15) is 14.4 Å². The van der Waals surface area contributed by atoms with Gasteiger partial charge in [-0.05, 0) is 12.8 Å². The summed E-state index contributed by atoms with van der Waals surface area (Å²) in [5.74, 6) is -1.67. The van der Waals surface area contributed by atoms with Crippen LogP contribution < -0.4 is 5.73 Å². The second-order valence-electron chi connectivity index (χ2n) is 4.56. The third kappa shape index (κ3) is 3.90. The zero-order valence-corrected chi connectivity index (χ0v) is 10.5. The van der Waals surface area contributed by atoms with Crippen LogP contribution in [0.1, 0.15) is 25.7 Å². The normalized spacial score (nSPS) is 15.4. The Morgan fingerprint density at radius 3 is 2.22 bits per heavy atom. The Bertz CT molecular complexity index is 339. The van der Waals surface area contributed by atoms with Gasteiger partial charge in [-0.3, -0.25) is 9.59 Å². The number of hydrogen-bond donors (Lipinski definition) is 2. The third-order valence-electron chi connectivity index (χ3n) is 3.04. The molecular weight excluding hydrogens is 238 g/mol. The van der Waals surface area contributed by atoms with Gasteiger partial charge >= 0.3 is 12.0 Å². The lowest BCUT2D eigenvalue weighted by Gasteiger charge is -2.31. The molecule has 0 unspecified atom stereocenters. The Kier molecular flexibility index (Phi) is 4.94. The number of rotatable bonds is 5. The molecule has 1 aliphatic carbocycles. The van der Waals surface area contributed by atoms with Crippen LogP contribution >= 0.6 is 0 Å². The first-order valence-corrected chi connectivity index (χ1v) is 5.93. The van der Waals surface area contributed by atoms with Gasteiger partial charge in [-0.1, -0.05) is 12.8 Å². The average Bonchev–Trinajstić information content (AvgIpc) is 2.76. The summed E-state index contributed by atoms with van der Waals surface area (Å²) in [6.45, 7) is -0.547. The highest BCUT2D eigenvalue weighted by atomic mass is 16.4. The van der Waals surface area contributed by atoms with Crippen LogP contribution in [0, 0.1) is 0 Å². The van der Waals surface area contributed by atoms with Crippen LogP contribution in [-0.2, 0) is 9.59 Å². The van der Waals surface area contributed by atoms with Gasteiger partial charge in [0.2, 0.25) is 5.91 Å². The van der Waals surface area contributed by atoms with E-state index >= 15 is 0 Å². The standard InChI is InChI=1S/C11H19N3O4/c1-13(6-9(12)15)11(18)14(7-10(16)17)8-4-2-3-5-8/h8H,2-7H2,1H3,(H2,12,15)(H,16,17). The van der Waals surface area contributed by atoms with Gasteiger partial charge in [0.25, 0.3) is 0 Å². The van der Waals surface area contributed by atoms with Crippen molar-refractivity contribution in [2.24, 2.45) is 5.73 Å². The van der Waals surface area contributed by atoms with Crippen LogP contribution in [0.2, 0.25) is 0 Å². The van der Waals surface area contributed by atoms with Gasteiger partial charge in [0.05, 0.1) is 0 Å². The average molecular weight is 257 g/mol. The predicted molar refractivity (Wildman–Crippen MR) is 63.8 cm³/mol. The molecule has 0 aromatic carbocycles. The fourth-order valence-electron chi connectivity index (χ4n) is 2.24. The largest absolute Gasteiger partial charge is 0.480 e. The molecule has 0 saturated heterocycles. The third-order valence-corrected chi connectivity index (χ3v) is 3.04. The molecule has 0 bridgehead atoms. The van der Waals surface area contributed by atoms with Crippen molar-refractivity contribution in [2.75, 3.05) is 20.1 Å². The van der Waals surface area contributed by atoms with Crippen molar-refractivity contribution in [3.8, 4) is 0 Å². The Hall–Kier alpha value is -1.79. The number of carbonyl (C=O) groups excluding carboxylic acids is 2. The SMILES string of the molecule is CN(CC(N)=O)C(=O)N(CC(=O)O)C1CCCC1. The monoisotopic (exact) mass is 257 g/mol. The van der Waals surface area contributed by atoms with Crippen LogP contribution in [0.15, 0.2) is 0 Å². The number of hydrogen-bond acceptors (Lipinski definition) is 3. The number of likely N-dealkylation sites (N-methyl/N-ethyl adjacent to an activating group) is 1. The fourth-order valence-corrected chi connectivity index (χ4v) is 2.24. The zero-order valence-electron chi connectivity index (χ0n) is 10.5. The number of primary amides is 1. The van der Waals surface area contributed by atoms with E-state index in [-0.39, 0.29) is 19.1 Å². The molecule has 102 valence electrons. The molecule has 0 radical (unpaired) electrons. The number of carboxylic acids is 1. The lowest BCUT2D eigenvalue weighted by atomic mass is 10.2. The van der Waals surface area contributed by atoms with E-state index in [4.69, 9.17) is 10.8 Å². The van der Waals surface area contributed by atoms with E-state index in [0.29, 0.717) is 0 Å². The van der Waals surface area contributed by atoms with Crippen LogP contribution in [-0.4, -0.2) is 59.0 Å². The minimum Gasteiger partial charge on any atom is -0.480 e. The molecule has 3 amide bonds. The highest BCUT2D eigenvalue weighted by Crippen LogP contribution is 2.24. The number of carbonyl (C=O) groups is 3. The molecule has 0 atom stereocenters. The van der Waals surface area contributed by atoms with Gasteiger partial charge in [0, 0.05) is 13.1 Å².